The molecule has 1 aliphatic rings. The van der Waals surface area contributed by atoms with Gasteiger partial charge in [0.05, 0.1) is 47.8 Å². The molecular formula is C36H35FN6O4. The number of carbonyl (C=O) groups is 1. The lowest BCUT2D eigenvalue weighted by Crippen LogP contribution is -2.38. The number of imidazole rings is 2. The van der Waals surface area contributed by atoms with E-state index in [2.05, 4.69) is 25.9 Å². The zero-order chi connectivity index (χ0) is 32.8. The lowest BCUT2D eigenvalue weighted by atomic mass is 10.1. The Balaban J connectivity index is 1.10. The number of fused-ring (bicyclic) bond motifs is 1. The number of hydrogen-bond donors (Lipinski definition) is 1. The molecule has 0 saturated carbocycles. The number of halogens is 1. The van der Waals surface area contributed by atoms with E-state index in [1.807, 2.05) is 61.1 Å². The van der Waals surface area contributed by atoms with Gasteiger partial charge in [-0.3, -0.25) is 4.90 Å². The molecule has 5 aromatic rings. The summed E-state index contributed by atoms with van der Waals surface area (Å²) in [4.78, 5) is 22.8. The molecule has 240 valence electrons. The van der Waals surface area contributed by atoms with Crippen LogP contribution in [0.25, 0.3) is 17.1 Å². The van der Waals surface area contributed by atoms with Gasteiger partial charge < -0.3 is 23.7 Å². The Hall–Kier alpha value is -5.47. The Morgan fingerprint density at radius 1 is 1.13 bits per heavy atom. The number of ether oxygens (including phenoxy) is 2. The highest BCUT2D eigenvalue weighted by Crippen LogP contribution is 2.26. The zero-order valence-corrected chi connectivity index (χ0v) is 26.1. The number of aryl methyl sites for hydroxylation is 1. The third-order valence-electron chi connectivity index (χ3n) is 8.29. The molecule has 1 aliphatic heterocycles. The van der Waals surface area contributed by atoms with E-state index in [4.69, 9.17) is 24.8 Å². The average molecular weight is 635 g/mol. The summed E-state index contributed by atoms with van der Waals surface area (Å²) in [5.74, 6) is 0.226. The molecule has 0 radical (unpaired) electrons. The number of piperidine rings is 1. The van der Waals surface area contributed by atoms with Crippen molar-refractivity contribution in [3.8, 4) is 17.6 Å². The lowest BCUT2D eigenvalue weighted by Gasteiger charge is -2.32. The molecular weight excluding hydrogens is 599 g/mol. The molecule has 6 rings (SSSR count). The van der Waals surface area contributed by atoms with Gasteiger partial charge in [0.25, 0.3) is 0 Å². The molecule has 47 heavy (non-hydrogen) atoms. The summed E-state index contributed by atoms with van der Waals surface area (Å²) in [6.45, 7) is 6.02. The van der Waals surface area contributed by atoms with E-state index >= 15 is 0 Å². The molecule has 0 atom stereocenters. The van der Waals surface area contributed by atoms with Crippen molar-refractivity contribution in [1.82, 2.24) is 24.0 Å². The topological polar surface area (TPSA) is 118 Å². The van der Waals surface area contributed by atoms with Crippen LogP contribution in [0.15, 0.2) is 79.3 Å². The molecule has 3 heterocycles. The highest BCUT2D eigenvalue weighted by atomic mass is 19.1. The van der Waals surface area contributed by atoms with Gasteiger partial charge >= 0.3 is 5.97 Å². The summed E-state index contributed by atoms with van der Waals surface area (Å²) in [7, 11) is 0. The van der Waals surface area contributed by atoms with Crippen LogP contribution >= 0.6 is 0 Å². The van der Waals surface area contributed by atoms with Gasteiger partial charge in [-0.25, -0.2) is 19.2 Å². The van der Waals surface area contributed by atoms with Crippen molar-refractivity contribution in [2.24, 2.45) is 0 Å². The third kappa shape index (κ3) is 7.68. The summed E-state index contributed by atoms with van der Waals surface area (Å²) in [5.41, 5.74) is 4.78. The van der Waals surface area contributed by atoms with Gasteiger partial charge in [0.2, 0.25) is 0 Å². The number of benzene rings is 3. The van der Waals surface area contributed by atoms with Crippen molar-refractivity contribution in [2.45, 2.75) is 52.1 Å². The number of rotatable bonds is 12. The van der Waals surface area contributed by atoms with Crippen molar-refractivity contribution in [2.75, 3.05) is 13.1 Å². The van der Waals surface area contributed by atoms with Gasteiger partial charge in [0.15, 0.2) is 11.6 Å². The summed E-state index contributed by atoms with van der Waals surface area (Å²) in [6, 6.07) is 19.5. The van der Waals surface area contributed by atoms with Crippen molar-refractivity contribution in [1.29, 1.82) is 5.26 Å². The molecule has 1 fully saturated rings. The average Bonchev–Trinajstić information content (AvgIpc) is 3.67. The fourth-order valence-electron chi connectivity index (χ4n) is 5.82. The lowest BCUT2D eigenvalue weighted by molar-refractivity contribution is -0.131. The predicted octanol–water partition coefficient (Wildman–Crippen LogP) is 6.03. The van der Waals surface area contributed by atoms with E-state index in [0.29, 0.717) is 13.1 Å². The second-order valence-electron chi connectivity index (χ2n) is 11.5. The molecule has 0 unspecified atom stereocenters. The van der Waals surface area contributed by atoms with E-state index in [1.165, 1.54) is 12.1 Å². The Morgan fingerprint density at radius 3 is 2.74 bits per heavy atom. The van der Waals surface area contributed by atoms with Gasteiger partial charge in [0, 0.05) is 31.9 Å². The molecule has 0 bridgehead atoms. The SMILES string of the molecule is CCn1cncc1Cn1c(CN2CCC(Oc3cccc(COc4ccc(C#N)cc4F)c3)CC2)nc2ccc(/C=C/C(=O)O)cc21. The Labute approximate surface area is 271 Å². The van der Waals surface area contributed by atoms with Crippen LogP contribution in [0.5, 0.6) is 11.5 Å². The van der Waals surface area contributed by atoms with Crippen molar-refractivity contribution in [3.63, 3.8) is 0 Å². The second kappa shape index (κ2) is 14.3. The first-order valence-electron chi connectivity index (χ1n) is 15.6. The Morgan fingerprint density at radius 2 is 1.98 bits per heavy atom. The van der Waals surface area contributed by atoms with Crippen LogP contribution in [-0.2, 0) is 31.0 Å². The Kier molecular flexibility index (Phi) is 9.59. The maximum Gasteiger partial charge on any atom is 0.328 e. The molecule has 2 aromatic heterocycles. The monoisotopic (exact) mass is 634 g/mol. The maximum absolute atomic E-state index is 14.2. The van der Waals surface area contributed by atoms with Gasteiger partial charge in [-0.15, -0.1) is 0 Å². The van der Waals surface area contributed by atoms with Crippen LogP contribution in [0, 0.1) is 17.1 Å². The summed E-state index contributed by atoms with van der Waals surface area (Å²) in [5, 5.41) is 18.0. The van der Waals surface area contributed by atoms with E-state index in [0.717, 1.165) is 84.0 Å². The quantitative estimate of drug-likeness (QED) is 0.165. The van der Waals surface area contributed by atoms with E-state index < -0.39 is 11.8 Å². The summed E-state index contributed by atoms with van der Waals surface area (Å²) in [6.07, 6.45) is 8.20. The highest BCUT2D eigenvalue weighted by Gasteiger charge is 2.23. The molecule has 11 heteroatoms. The number of nitrogens with zero attached hydrogens (tertiary/aromatic N) is 6. The van der Waals surface area contributed by atoms with Gasteiger partial charge in [-0.05, 0) is 79.4 Å². The standard InChI is InChI=1S/C36H35FN6O4/c1-2-42-24-39-20-28(42)21-43-33-18-25(8-11-36(44)45)6-9-32(33)40-35(43)22-41-14-12-29(13-15-41)47-30-5-3-4-27(16-30)23-46-34-10-7-26(19-38)17-31(34)37/h3-11,16-18,20,24,29H,2,12-15,21-23H2,1H3,(H,44,45)/b11-8+. The van der Waals surface area contributed by atoms with E-state index in [-0.39, 0.29) is 24.0 Å². The molecule has 0 spiro atoms. The summed E-state index contributed by atoms with van der Waals surface area (Å²) >= 11 is 0. The van der Waals surface area contributed by atoms with E-state index in [9.17, 15) is 9.18 Å². The van der Waals surface area contributed by atoms with Crippen molar-refractivity contribution >= 4 is 23.1 Å². The van der Waals surface area contributed by atoms with Gasteiger partial charge in [-0.1, -0.05) is 18.2 Å². The van der Waals surface area contributed by atoms with Crippen LogP contribution in [0.1, 0.15) is 48.0 Å². The van der Waals surface area contributed by atoms with Crippen molar-refractivity contribution in [3.05, 3.63) is 113 Å². The van der Waals surface area contributed by atoms with Crippen LogP contribution in [0.4, 0.5) is 4.39 Å². The molecule has 0 amide bonds. The fourth-order valence-corrected chi connectivity index (χ4v) is 5.82. The normalized spacial score (nSPS) is 14.1. The highest BCUT2D eigenvalue weighted by molar-refractivity contribution is 5.87. The smallest absolute Gasteiger partial charge is 0.328 e. The van der Waals surface area contributed by atoms with Crippen LogP contribution in [0.2, 0.25) is 0 Å². The minimum absolute atomic E-state index is 0.0553. The first-order valence-corrected chi connectivity index (χ1v) is 15.6. The van der Waals surface area contributed by atoms with Crippen LogP contribution in [-0.4, -0.2) is 54.3 Å². The maximum atomic E-state index is 14.2. The zero-order valence-electron chi connectivity index (χ0n) is 26.1. The third-order valence-corrected chi connectivity index (χ3v) is 8.29. The van der Waals surface area contributed by atoms with Gasteiger partial charge in [-0.2, -0.15) is 5.26 Å². The number of nitriles is 1. The van der Waals surface area contributed by atoms with Crippen LogP contribution in [0.3, 0.4) is 0 Å². The number of hydrogen-bond acceptors (Lipinski definition) is 7. The molecule has 0 aliphatic carbocycles. The predicted molar refractivity (Wildman–Crippen MR) is 174 cm³/mol. The van der Waals surface area contributed by atoms with Crippen LogP contribution < -0.4 is 9.47 Å². The Bertz CT molecular complexity index is 1950. The molecule has 1 N–H and O–H groups in total. The minimum Gasteiger partial charge on any atom is -0.490 e. The fraction of sp³-hybridized carbons (Fsp3) is 0.278. The number of carboxylic acid groups (broad SMARTS) is 1. The summed E-state index contributed by atoms with van der Waals surface area (Å²) < 4.78 is 30.5. The number of carboxylic acids is 1. The first kappa shape index (κ1) is 31.5. The number of aliphatic carboxylic acids is 1. The number of aromatic nitrogens is 4. The van der Waals surface area contributed by atoms with Gasteiger partial charge in [0.1, 0.15) is 24.3 Å². The second-order valence-corrected chi connectivity index (χ2v) is 11.5. The van der Waals surface area contributed by atoms with E-state index in [1.54, 1.807) is 6.08 Å². The minimum atomic E-state index is -0.989. The number of likely N-dealkylation sites (tertiary alicyclic amines) is 1. The molecule has 10 nitrogen and oxygen atoms in total. The molecule has 1 saturated heterocycles. The largest absolute Gasteiger partial charge is 0.490 e. The molecule has 3 aromatic carbocycles. The first-order chi connectivity index (χ1) is 22.9. The van der Waals surface area contributed by atoms with Crippen molar-refractivity contribution < 1.29 is 23.8 Å².